The first-order chi connectivity index (χ1) is 10.3. The van der Waals surface area contributed by atoms with E-state index in [0.717, 1.165) is 5.56 Å². The summed E-state index contributed by atoms with van der Waals surface area (Å²) in [5.74, 6) is -0.471. The van der Waals surface area contributed by atoms with Gasteiger partial charge in [-0.2, -0.15) is 0 Å². The summed E-state index contributed by atoms with van der Waals surface area (Å²) < 4.78 is 0. The predicted octanol–water partition coefficient (Wildman–Crippen LogP) is 2.11. The molecule has 1 fully saturated rings. The van der Waals surface area contributed by atoms with Crippen LogP contribution in [0.5, 0.6) is 0 Å². The van der Waals surface area contributed by atoms with Crippen LogP contribution in [0.4, 0.5) is 0 Å². The first-order valence-electron chi connectivity index (χ1n) is 7.46. The highest BCUT2D eigenvalue weighted by atomic mass is 16.2. The molecular formula is C18H24N2O2. The molecule has 2 atom stereocenters. The Morgan fingerprint density at radius 2 is 1.82 bits per heavy atom. The molecule has 1 aliphatic rings. The summed E-state index contributed by atoms with van der Waals surface area (Å²) in [7, 11) is 3.85. The molecule has 1 saturated heterocycles. The molecule has 0 radical (unpaired) electrons. The van der Waals surface area contributed by atoms with Crippen LogP contribution in [0.3, 0.4) is 0 Å². The van der Waals surface area contributed by atoms with E-state index in [0.29, 0.717) is 6.42 Å². The molecule has 1 aromatic rings. The first kappa shape index (κ1) is 16.4. The highest BCUT2D eigenvalue weighted by molar-refractivity contribution is 6.05. The van der Waals surface area contributed by atoms with Gasteiger partial charge in [-0.25, -0.2) is 0 Å². The maximum Gasteiger partial charge on any atom is 0.239 e. The first-order valence-corrected chi connectivity index (χ1v) is 7.46. The van der Waals surface area contributed by atoms with Crippen LogP contribution in [0.15, 0.2) is 43.0 Å². The van der Waals surface area contributed by atoms with E-state index in [2.05, 4.69) is 11.9 Å². The van der Waals surface area contributed by atoms with E-state index in [-0.39, 0.29) is 17.9 Å². The molecule has 0 saturated carbocycles. The molecule has 0 bridgehead atoms. The predicted molar refractivity (Wildman–Crippen MR) is 87.3 cm³/mol. The second-order valence-electron chi connectivity index (χ2n) is 6.76. The number of hydrogen-bond donors (Lipinski definition) is 1. The molecular weight excluding hydrogens is 276 g/mol. The van der Waals surface area contributed by atoms with Crippen molar-refractivity contribution >= 4 is 11.8 Å². The summed E-state index contributed by atoms with van der Waals surface area (Å²) in [6.45, 7) is 7.91. The molecule has 2 rings (SSSR count). The molecule has 1 N–H and O–H groups in total. The van der Waals surface area contributed by atoms with E-state index >= 15 is 0 Å². The summed E-state index contributed by atoms with van der Waals surface area (Å²) in [4.78, 5) is 26.9. The van der Waals surface area contributed by atoms with Gasteiger partial charge in [0.25, 0.3) is 0 Å². The Morgan fingerprint density at radius 1 is 1.23 bits per heavy atom. The van der Waals surface area contributed by atoms with E-state index in [1.807, 2.05) is 63.2 Å². The molecule has 1 aliphatic heterocycles. The highest BCUT2D eigenvalue weighted by Gasteiger charge is 2.60. The molecule has 4 heteroatoms. The fraction of sp³-hybridized carbons (Fsp3) is 0.444. The minimum Gasteiger partial charge on any atom is -0.302 e. The number of carbonyl (C=O) groups excluding carboxylic acids is 2. The lowest BCUT2D eigenvalue weighted by Crippen LogP contribution is -2.68. The van der Waals surface area contributed by atoms with Gasteiger partial charge in [-0.05, 0) is 25.1 Å². The quantitative estimate of drug-likeness (QED) is 0.684. The fourth-order valence-corrected chi connectivity index (χ4v) is 3.82. The van der Waals surface area contributed by atoms with Crippen molar-refractivity contribution in [2.75, 3.05) is 14.1 Å². The number of likely N-dealkylation sites (N-methyl/N-ethyl adjacent to an activating group) is 1. The smallest absolute Gasteiger partial charge is 0.239 e. The zero-order valence-electron chi connectivity index (χ0n) is 13.7. The van der Waals surface area contributed by atoms with Crippen LogP contribution in [0.25, 0.3) is 0 Å². The van der Waals surface area contributed by atoms with Gasteiger partial charge in [0.1, 0.15) is 0 Å². The third-order valence-electron chi connectivity index (χ3n) is 4.73. The Kier molecular flexibility index (Phi) is 4.25. The van der Waals surface area contributed by atoms with Crippen LogP contribution in [0.2, 0.25) is 0 Å². The maximum absolute atomic E-state index is 13.0. The van der Waals surface area contributed by atoms with Gasteiger partial charge in [0.15, 0.2) is 0 Å². The molecule has 0 aromatic heterocycles. The van der Waals surface area contributed by atoms with Gasteiger partial charge in [-0.1, -0.05) is 50.3 Å². The number of piperidine rings is 1. The van der Waals surface area contributed by atoms with Crippen LogP contribution in [-0.4, -0.2) is 36.9 Å². The Balaban J connectivity index is 2.77. The zero-order valence-corrected chi connectivity index (χ0v) is 13.7. The van der Waals surface area contributed by atoms with Crippen LogP contribution >= 0.6 is 0 Å². The summed E-state index contributed by atoms with van der Waals surface area (Å²) in [6, 6.07) is 9.46. The molecule has 22 heavy (non-hydrogen) atoms. The minimum absolute atomic E-state index is 0.219. The molecule has 0 aliphatic carbocycles. The fourth-order valence-electron chi connectivity index (χ4n) is 3.82. The minimum atomic E-state index is -0.868. The van der Waals surface area contributed by atoms with E-state index < -0.39 is 10.8 Å². The van der Waals surface area contributed by atoms with E-state index in [4.69, 9.17) is 0 Å². The van der Waals surface area contributed by atoms with Crippen molar-refractivity contribution in [3.63, 3.8) is 0 Å². The lowest BCUT2D eigenvalue weighted by molar-refractivity contribution is -0.147. The number of hydrogen-bond acceptors (Lipinski definition) is 3. The average molecular weight is 300 g/mol. The van der Waals surface area contributed by atoms with Crippen molar-refractivity contribution in [3.05, 3.63) is 48.6 Å². The maximum atomic E-state index is 13.0. The van der Waals surface area contributed by atoms with Gasteiger partial charge in [0.2, 0.25) is 11.8 Å². The number of imide groups is 1. The highest BCUT2D eigenvalue weighted by Crippen LogP contribution is 2.50. The van der Waals surface area contributed by atoms with Crippen molar-refractivity contribution in [3.8, 4) is 0 Å². The molecule has 2 amide bonds. The SMILES string of the molecule is C=CC(N(C)C)C1(c2ccccc2)C(=O)NC(=O)CC1(C)C. The Hall–Kier alpha value is -1.94. The van der Waals surface area contributed by atoms with Crippen LogP contribution in [0.1, 0.15) is 25.8 Å². The lowest BCUT2D eigenvalue weighted by Gasteiger charge is -2.53. The Morgan fingerprint density at radius 3 is 2.27 bits per heavy atom. The average Bonchev–Trinajstić information content (AvgIpc) is 2.42. The third-order valence-corrected chi connectivity index (χ3v) is 4.73. The van der Waals surface area contributed by atoms with Crippen molar-refractivity contribution < 1.29 is 9.59 Å². The zero-order chi connectivity index (χ0) is 16.5. The van der Waals surface area contributed by atoms with Gasteiger partial charge in [-0.3, -0.25) is 14.9 Å². The Bertz CT molecular complexity index is 592. The van der Waals surface area contributed by atoms with E-state index in [9.17, 15) is 9.59 Å². The Labute approximate surface area is 132 Å². The van der Waals surface area contributed by atoms with Gasteiger partial charge in [0, 0.05) is 12.5 Å². The van der Waals surface area contributed by atoms with E-state index in [1.54, 1.807) is 6.08 Å². The van der Waals surface area contributed by atoms with Crippen molar-refractivity contribution in [1.82, 2.24) is 10.2 Å². The number of benzene rings is 1. The van der Waals surface area contributed by atoms with Crippen LogP contribution in [0, 0.1) is 5.41 Å². The van der Waals surface area contributed by atoms with Crippen molar-refractivity contribution in [1.29, 1.82) is 0 Å². The van der Waals surface area contributed by atoms with Gasteiger partial charge in [0.05, 0.1) is 5.41 Å². The standard InChI is InChI=1S/C18H24N2O2/c1-6-14(20(4)5)18(13-10-8-7-9-11-13)16(22)19-15(21)12-17(18,2)3/h6-11,14H,1,12H2,2-5H3,(H,19,21,22). The summed E-state index contributed by atoms with van der Waals surface area (Å²) in [5, 5.41) is 2.54. The molecule has 4 nitrogen and oxygen atoms in total. The second-order valence-corrected chi connectivity index (χ2v) is 6.76. The number of nitrogens with zero attached hydrogens (tertiary/aromatic N) is 1. The molecule has 118 valence electrons. The number of amides is 2. The summed E-state index contributed by atoms with van der Waals surface area (Å²) >= 11 is 0. The molecule has 1 heterocycles. The number of carbonyl (C=O) groups is 2. The normalized spacial score (nSPS) is 25.7. The van der Waals surface area contributed by atoms with Crippen LogP contribution < -0.4 is 5.32 Å². The van der Waals surface area contributed by atoms with E-state index in [1.165, 1.54) is 0 Å². The van der Waals surface area contributed by atoms with Gasteiger partial charge < -0.3 is 4.90 Å². The van der Waals surface area contributed by atoms with Crippen molar-refractivity contribution in [2.24, 2.45) is 5.41 Å². The monoisotopic (exact) mass is 300 g/mol. The summed E-state index contributed by atoms with van der Waals surface area (Å²) in [6.07, 6.45) is 2.09. The van der Waals surface area contributed by atoms with Crippen LogP contribution in [-0.2, 0) is 15.0 Å². The van der Waals surface area contributed by atoms with Gasteiger partial charge in [-0.15, -0.1) is 6.58 Å². The third kappa shape index (κ3) is 2.28. The lowest BCUT2D eigenvalue weighted by atomic mass is 9.54. The summed E-state index contributed by atoms with van der Waals surface area (Å²) in [5.41, 5.74) is -0.492. The molecule has 2 unspecified atom stereocenters. The topological polar surface area (TPSA) is 49.4 Å². The van der Waals surface area contributed by atoms with Gasteiger partial charge >= 0.3 is 0 Å². The number of rotatable bonds is 4. The molecule has 1 aromatic carbocycles. The second kappa shape index (κ2) is 5.69. The largest absolute Gasteiger partial charge is 0.302 e. The molecule has 0 spiro atoms. The van der Waals surface area contributed by atoms with Crippen molar-refractivity contribution in [2.45, 2.75) is 31.7 Å². The number of nitrogens with one attached hydrogen (secondary N) is 1.